The molecule has 0 atom stereocenters. The molecule has 2 aromatic carbocycles. The molecule has 3 rings (SSSR count). The molecule has 2 aromatic rings. The molecule has 0 aromatic heterocycles. The Kier molecular flexibility index (Phi) is 4.56. The van der Waals surface area contributed by atoms with E-state index in [9.17, 15) is 13.2 Å². The first kappa shape index (κ1) is 17.5. The molecule has 6 heteroatoms. The van der Waals surface area contributed by atoms with E-state index in [1.54, 1.807) is 23.1 Å². The zero-order valence-corrected chi connectivity index (χ0v) is 15.5. The van der Waals surface area contributed by atoms with E-state index < -0.39 is 10.0 Å². The van der Waals surface area contributed by atoms with Crippen molar-refractivity contribution in [3.8, 4) is 0 Å². The van der Waals surface area contributed by atoms with E-state index in [1.807, 2.05) is 32.0 Å². The van der Waals surface area contributed by atoms with Crippen LogP contribution in [0.4, 0.5) is 11.4 Å². The van der Waals surface area contributed by atoms with Crippen molar-refractivity contribution in [2.45, 2.75) is 38.5 Å². The van der Waals surface area contributed by atoms with Gasteiger partial charge in [0.1, 0.15) is 0 Å². The Morgan fingerprint density at radius 2 is 1.88 bits per heavy atom. The van der Waals surface area contributed by atoms with Crippen LogP contribution in [0.25, 0.3) is 0 Å². The third-order valence-electron chi connectivity index (χ3n) is 4.50. The molecular weight excluding hydrogens is 336 g/mol. The van der Waals surface area contributed by atoms with E-state index >= 15 is 0 Å². The predicted molar refractivity (Wildman–Crippen MR) is 99.5 cm³/mol. The molecule has 0 unspecified atom stereocenters. The molecule has 1 N–H and O–H groups in total. The third-order valence-corrected chi connectivity index (χ3v) is 5.86. The van der Waals surface area contributed by atoms with Crippen LogP contribution in [-0.4, -0.2) is 20.9 Å². The van der Waals surface area contributed by atoms with Gasteiger partial charge in [-0.1, -0.05) is 12.1 Å². The average molecular weight is 358 g/mol. The van der Waals surface area contributed by atoms with E-state index in [4.69, 9.17) is 0 Å². The fraction of sp³-hybridized carbons (Fsp3) is 0.316. The normalized spacial score (nSPS) is 14.1. The molecule has 0 bridgehead atoms. The molecule has 1 aliphatic rings. The monoisotopic (exact) mass is 358 g/mol. The molecule has 0 spiro atoms. The van der Waals surface area contributed by atoms with Crippen LogP contribution < -0.4 is 9.62 Å². The Bertz CT molecular complexity index is 936. The summed E-state index contributed by atoms with van der Waals surface area (Å²) in [5, 5.41) is 0. The van der Waals surface area contributed by atoms with Gasteiger partial charge in [0.2, 0.25) is 5.91 Å². The van der Waals surface area contributed by atoms with Crippen LogP contribution in [0, 0.1) is 13.8 Å². The van der Waals surface area contributed by atoms with Crippen molar-refractivity contribution >= 4 is 27.3 Å². The summed E-state index contributed by atoms with van der Waals surface area (Å²) in [5.41, 5.74) is 4.15. The molecule has 0 saturated carbocycles. The molecule has 1 aliphatic heterocycles. The van der Waals surface area contributed by atoms with E-state index in [-0.39, 0.29) is 10.8 Å². The molecule has 0 aliphatic carbocycles. The first-order chi connectivity index (χ1) is 11.8. The number of rotatable bonds is 3. The molecule has 5 nitrogen and oxygen atoms in total. The number of amides is 1. The van der Waals surface area contributed by atoms with Crippen molar-refractivity contribution < 1.29 is 13.2 Å². The van der Waals surface area contributed by atoms with E-state index in [1.165, 1.54) is 6.92 Å². The van der Waals surface area contributed by atoms with Crippen LogP contribution in [0.3, 0.4) is 0 Å². The molecule has 0 fully saturated rings. The van der Waals surface area contributed by atoms with Gasteiger partial charge in [-0.05, 0) is 67.6 Å². The van der Waals surface area contributed by atoms with Gasteiger partial charge in [-0.25, -0.2) is 8.42 Å². The topological polar surface area (TPSA) is 66.5 Å². The minimum absolute atomic E-state index is 0.0231. The number of carbonyl (C=O) groups excluding carboxylic acids is 1. The van der Waals surface area contributed by atoms with Gasteiger partial charge in [0, 0.05) is 19.2 Å². The quantitative estimate of drug-likeness (QED) is 0.914. The lowest BCUT2D eigenvalue weighted by molar-refractivity contribution is -0.116. The summed E-state index contributed by atoms with van der Waals surface area (Å²) in [7, 11) is -3.68. The van der Waals surface area contributed by atoms with Gasteiger partial charge >= 0.3 is 0 Å². The number of sulfonamides is 1. The van der Waals surface area contributed by atoms with Gasteiger partial charge in [0.15, 0.2) is 0 Å². The first-order valence-corrected chi connectivity index (χ1v) is 9.77. The molecule has 25 heavy (non-hydrogen) atoms. The largest absolute Gasteiger partial charge is 0.312 e. The van der Waals surface area contributed by atoms with Crippen molar-refractivity contribution in [3.05, 3.63) is 53.1 Å². The third kappa shape index (κ3) is 3.54. The zero-order chi connectivity index (χ0) is 18.2. The fourth-order valence-corrected chi connectivity index (χ4v) is 4.29. The maximum Gasteiger partial charge on any atom is 0.261 e. The molecule has 1 amide bonds. The number of carbonyl (C=O) groups is 1. The number of nitrogens with one attached hydrogen (secondary N) is 1. The number of hydrogen-bond acceptors (Lipinski definition) is 3. The number of nitrogens with zero attached hydrogens (tertiary/aromatic N) is 1. The molecule has 0 saturated heterocycles. The summed E-state index contributed by atoms with van der Waals surface area (Å²) in [6.07, 6.45) is 1.60. The maximum atomic E-state index is 12.8. The molecule has 1 heterocycles. The number of aryl methyl sites for hydroxylation is 3. The summed E-state index contributed by atoms with van der Waals surface area (Å²) in [4.78, 5) is 13.7. The van der Waals surface area contributed by atoms with Crippen molar-refractivity contribution in [1.29, 1.82) is 0 Å². The second-order valence-electron chi connectivity index (χ2n) is 6.49. The van der Waals surface area contributed by atoms with Crippen molar-refractivity contribution in [2.75, 3.05) is 16.2 Å². The Morgan fingerprint density at radius 1 is 1.12 bits per heavy atom. The highest BCUT2D eigenvalue weighted by Gasteiger charge is 2.23. The Morgan fingerprint density at radius 3 is 2.60 bits per heavy atom. The van der Waals surface area contributed by atoms with Gasteiger partial charge < -0.3 is 4.90 Å². The van der Waals surface area contributed by atoms with Gasteiger partial charge in [-0.2, -0.15) is 0 Å². The first-order valence-electron chi connectivity index (χ1n) is 8.29. The predicted octanol–water partition coefficient (Wildman–Crippen LogP) is 3.40. The van der Waals surface area contributed by atoms with Crippen molar-refractivity contribution in [1.82, 2.24) is 0 Å². The van der Waals surface area contributed by atoms with Crippen LogP contribution in [0.15, 0.2) is 41.3 Å². The molecule has 132 valence electrons. The van der Waals surface area contributed by atoms with Crippen LogP contribution in [-0.2, 0) is 21.2 Å². The van der Waals surface area contributed by atoms with Crippen LogP contribution >= 0.6 is 0 Å². The minimum Gasteiger partial charge on any atom is -0.312 e. The molecule has 0 radical (unpaired) electrons. The van der Waals surface area contributed by atoms with Crippen LogP contribution in [0.2, 0.25) is 0 Å². The van der Waals surface area contributed by atoms with Crippen molar-refractivity contribution in [2.24, 2.45) is 0 Å². The number of benzene rings is 2. The summed E-state index contributed by atoms with van der Waals surface area (Å²) in [6, 6.07) is 10.6. The van der Waals surface area contributed by atoms with E-state index in [2.05, 4.69) is 4.72 Å². The zero-order valence-electron chi connectivity index (χ0n) is 14.7. The second-order valence-corrected chi connectivity index (χ2v) is 8.17. The van der Waals surface area contributed by atoms with Gasteiger partial charge in [0.05, 0.1) is 10.6 Å². The summed E-state index contributed by atoms with van der Waals surface area (Å²) >= 11 is 0. The Hall–Kier alpha value is -2.34. The highest BCUT2D eigenvalue weighted by Crippen LogP contribution is 2.30. The Balaban J connectivity index is 1.96. The van der Waals surface area contributed by atoms with Crippen molar-refractivity contribution in [3.63, 3.8) is 0 Å². The van der Waals surface area contributed by atoms with Crippen LogP contribution in [0.5, 0.6) is 0 Å². The number of anilines is 2. The maximum absolute atomic E-state index is 12.8. The highest BCUT2D eigenvalue weighted by atomic mass is 32.2. The fourth-order valence-electron chi connectivity index (χ4n) is 3.12. The molecular formula is C19H22N2O3S. The SMILES string of the molecule is CC(=O)N1CCCc2cc(S(=O)(=O)Nc3cc(C)ccc3C)ccc21. The summed E-state index contributed by atoms with van der Waals surface area (Å²) in [5.74, 6) is -0.0231. The lowest BCUT2D eigenvalue weighted by Crippen LogP contribution is -2.33. The summed E-state index contributed by atoms with van der Waals surface area (Å²) < 4.78 is 28.2. The van der Waals surface area contributed by atoms with Gasteiger partial charge in [0.25, 0.3) is 10.0 Å². The van der Waals surface area contributed by atoms with E-state index in [0.717, 1.165) is 35.2 Å². The summed E-state index contributed by atoms with van der Waals surface area (Å²) in [6.45, 7) is 6.00. The van der Waals surface area contributed by atoms with Crippen LogP contribution in [0.1, 0.15) is 30.0 Å². The second kappa shape index (κ2) is 6.52. The van der Waals surface area contributed by atoms with Gasteiger partial charge in [-0.3, -0.25) is 9.52 Å². The number of hydrogen-bond donors (Lipinski definition) is 1. The highest BCUT2D eigenvalue weighted by molar-refractivity contribution is 7.92. The minimum atomic E-state index is -3.68. The number of fused-ring (bicyclic) bond motifs is 1. The lowest BCUT2D eigenvalue weighted by atomic mass is 10.0. The Labute approximate surface area is 148 Å². The smallest absolute Gasteiger partial charge is 0.261 e. The van der Waals surface area contributed by atoms with Gasteiger partial charge in [-0.15, -0.1) is 0 Å². The van der Waals surface area contributed by atoms with E-state index in [0.29, 0.717) is 12.2 Å². The standard InChI is InChI=1S/C19H22N2O3S/c1-13-6-7-14(2)18(11-13)20-25(23,24)17-8-9-19-16(12-17)5-4-10-21(19)15(3)22/h6-9,11-12,20H,4-5,10H2,1-3H3. The average Bonchev–Trinajstić information content (AvgIpc) is 2.56. The lowest BCUT2D eigenvalue weighted by Gasteiger charge is -2.28.